The molecule has 1 aromatic carbocycles. The van der Waals surface area contributed by atoms with Gasteiger partial charge in [-0.25, -0.2) is 4.79 Å². The van der Waals surface area contributed by atoms with Gasteiger partial charge in [0.05, 0.1) is 0 Å². The molecule has 0 amide bonds. The van der Waals surface area contributed by atoms with E-state index in [0.29, 0.717) is 0 Å². The number of hydrogen-bond acceptors (Lipinski definition) is 3. The molecule has 94 valence electrons. The Labute approximate surface area is 101 Å². The number of carboxylic acids is 1. The first kappa shape index (κ1) is 13.5. The Bertz CT molecular complexity index is 396. The van der Waals surface area contributed by atoms with Gasteiger partial charge >= 0.3 is 5.97 Å². The van der Waals surface area contributed by atoms with Gasteiger partial charge in [0.15, 0.2) is 5.75 Å². The minimum absolute atomic E-state index is 0.0899. The molecule has 4 nitrogen and oxygen atoms in total. The Kier molecular flexibility index (Phi) is 4.12. The molecule has 17 heavy (non-hydrogen) atoms. The van der Waals surface area contributed by atoms with E-state index >= 15 is 0 Å². The molecule has 0 aliphatic carbocycles. The van der Waals surface area contributed by atoms with Crippen LogP contribution in [0.25, 0.3) is 0 Å². The number of hydrogen-bond donors (Lipinski definition) is 1. The van der Waals surface area contributed by atoms with Crippen LogP contribution in [0.1, 0.15) is 38.1 Å². The zero-order valence-electron chi connectivity index (χ0n) is 10.6. The van der Waals surface area contributed by atoms with Crippen LogP contribution >= 0.6 is 0 Å². The molecule has 1 N–H and O–H groups in total. The van der Waals surface area contributed by atoms with Crippen LogP contribution < -0.4 is 4.89 Å². The van der Waals surface area contributed by atoms with Gasteiger partial charge < -0.3 is 9.99 Å². The van der Waals surface area contributed by atoms with Crippen LogP contribution in [0.15, 0.2) is 24.3 Å². The van der Waals surface area contributed by atoms with Crippen molar-refractivity contribution >= 4 is 5.97 Å². The molecule has 0 atom stereocenters. The summed E-state index contributed by atoms with van der Waals surface area (Å²) in [5.74, 6) is -0.570. The molecule has 4 heteroatoms. The molecule has 0 saturated carbocycles. The number of benzene rings is 1. The first-order valence-corrected chi connectivity index (χ1v) is 5.52. The molecule has 1 rings (SSSR count). The summed E-state index contributed by atoms with van der Waals surface area (Å²) in [6.45, 7) is 7.79. The molecule has 0 aromatic heterocycles. The molecule has 0 saturated heterocycles. The van der Waals surface area contributed by atoms with Gasteiger partial charge in [-0.1, -0.05) is 26.0 Å². The predicted molar refractivity (Wildman–Crippen MR) is 64.0 cm³/mol. The number of carboxylic acid groups (broad SMARTS) is 1. The van der Waals surface area contributed by atoms with Crippen LogP contribution in [-0.4, -0.2) is 16.7 Å². The number of carbonyl (C=O) groups is 1. The van der Waals surface area contributed by atoms with Crippen molar-refractivity contribution in [2.75, 3.05) is 0 Å². The lowest BCUT2D eigenvalue weighted by atomic mass is 9.95. The summed E-state index contributed by atoms with van der Waals surface area (Å²) in [5, 5.41) is 8.97. The van der Waals surface area contributed by atoms with Crippen LogP contribution in [0.4, 0.5) is 0 Å². The lowest BCUT2D eigenvalue weighted by Crippen LogP contribution is -2.32. The maximum Gasteiger partial charge on any atom is 0.339 e. The lowest BCUT2D eigenvalue weighted by molar-refractivity contribution is -0.293. The Morgan fingerprint density at radius 1 is 1.29 bits per heavy atom. The first-order valence-electron chi connectivity index (χ1n) is 5.52. The Morgan fingerprint density at radius 2 is 1.88 bits per heavy atom. The van der Waals surface area contributed by atoms with Crippen molar-refractivity contribution in [2.24, 2.45) is 5.92 Å². The maximum absolute atomic E-state index is 10.9. The Balaban J connectivity index is 2.79. The third-order valence-electron chi connectivity index (χ3n) is 2.85. The minimum Gasteiger partial charge on any atom is -0.478 e. The van der Waals surface area contributed by atoms with Crippen LogP contribution in [0.5, 0.6) is 5.75 Å². The van der Waals surface area contributed by atoms with Gasteiger partial charge in [-0.05, 0) is 31.9 Å². The largest absolute Gasteiger partial charge is 0.478 e. The van der Waals surface area contributed by atoms with Crippen molar-refractivity contribution in [3.63, 3.8) is 0 Å². The summed E-state index contributed by atoms with van der Waals surface area (Å²) in [4.78, 5) is 21.4. The van der Waals surface area contributed by atoms with Crippen LogP contribution in [0, 0.1) is 5.92 Å². The van der Waals surface area contributed by atoms with E-state index in [-0.39, 0.29) is 17.2 Å². The predicted octanol–water partition coefficient (Wildman–Crippen LogP) is 3.13. The van der Waals surface area contributed by atoms with E-state index in [1.54, 1.807) is 18.2 Å². The SMILES string of the molecule is CC(C)C(C)(C)OOc1ccccc1C(=O)O. The second-order valence-electron chi connectivity index (χ2n) is 4.73. The normalized spacial score (nSPS) is 11.6. The van der Waals surface area contributed by atoms with Crippen molar-refractivity contribution < 1.29 is 19.7 Å². The van der Waals surface area contributed by atoms with Crippen molar-refractivity contribution in [3.8, 4) is 5.75 Å². The Hall–Kier alpha value is -1.55. The van der Waals surface area contributed by atoms with E-state index in [1.165, 1.54) is 6.07 Å². The molecular weight excluding hydrogens is 220 g/mol. The highest BCUT2D eigenvalue weighted by molar-refractivity contribution is 5.90. The molecule has 0 fully saturated rings. The van der Waals surface area contributed by atoms with Crippen molar-refractivity contribution in [1.29, 1.82) is 0 Å². The van der Waals surface area contributed by atoms with Gasteiger partial charge in [0.25, 0.3) is 0 Å². The summed E-state index contributed by atoms with van der Waals surface area (Å²) >= 11 is 0. The smallest absolute Gasteiger partial charge is 0.339 e. The quantitative estimate of drug-likeness (QED) is 0.632. The molecule has 0 bridgehead atoms. The zero-order valence-corrected chi connectivity index (χ0v) is 10.6. The van der Waals surface area contributed by atoms with Gasteiger partial charge in [-0.15, -0.1) is 0 Å². The van der Waals surface area contributed by atoms with E-state index in [2.05, 4.69) is 0 Å². The van der Waals surface area contributed by atoms with E-state index in [1.807, 2.05) is 27.7 Å². The molecule has 0 spiro atoms. The summed E-state index contributed by atoms with van der Waals surface area (Å²) < 4.78 is 0. The number of aromatic carboxylic acids is 1. The summed E-state index contributed by atoms with van der Waals surface area (Å²) in [5.41, 5.74) is -0.391. The maximum atomic E-state index is 10.9. The highest BCUT2D eigenvalue weighted by Crippen LogP contribution is 2.24. The van der Waals surface area contributed by atoms with E-state index in [4.69, 9.17) is 14.9 Å². The highest BCUT2D eigenvalue weighted by Gasteiger charge is 2.26. The molecule has 0 radical (unpaired) electrons. The monoisotopic (exact) mass is 238 g/mol. The third kappa shape index (κ3) is 3.46. The molecule has 1 aromatic rings. The second-order valence-corrected chi connectivity index (χ2v) is 4.73. The summed E-state index contributed by atoms with van der Waals surface area (Å²) in [6.07, 6.45) is 0. The molecule has 0 unspecified atom stereocenters. The van der Waals surface area contributed by atoms with Crippen molar-refractivity contribution in [3.05, 3.63) is 29.8 Å². The fourth-order valence-electron chi connectivity index (χ4n) is 0.964. The highest BCUT2D eigenvalue weighted by atomic mass is 17.2. The fourth-order valence-corrected chi connectivity index (χ4v) is 0.964. The minimum atomic E-state index is -1.04. The van der Waals surface area contributed by atoms with Crippen LogP contribution in [-0.2, 0) is 4.89 Å². The van der Waals surface area contributed by atoms with E-state index in [0.717, 1.165) is 0 Å². The summed E-state index contributed by atoms with van der Waals surface area (Å²) in [7, 11) is 0. The van der Waals surface area contributed by atoms with Crippen molar-refractivity contribution in [2.45, 2.75) is 33.3 Å². The van der Waals surface area contributed by atoms with E-state index in [9.17, 15) is 4.79 Å². The van der Waals surface area contributed by atoms with Gasteiger partial charge in [-0.3, -0.25) is 0 Å². The number of rotatable bonds is 5. The average molecular weight is 238 g/mol. The number of para-hydroxylation sites is 1. The van der Waals surface area contributed by atoms with Crippen molar-refractivity contribution in [1.82, 2.24) is 0 Å². The first-order chi connectivity index (χ1) is 7.84. The second kappa shape index (κ2) is 5.19. The zero-order chi connectivity index (χ0) is 13.1. The average Bonchev–Trinajstić information content (AvgIpc) is 2.26. The van der Waals surface area contributed by atoms with Gasteiger partial charge in [0.2, 0.25) is 0 Å². The van der Waals surface area contributed by atoms with Gasteiger partial charge in [-0.2, -0.15) is 4.89 Å². The van der Waals surface area contributed by atoms with Gasteiger partial charge in [0.1, 0.15) is 11.2 Å². The molecular formula is C13H18O4. The molecule has 0 aliphatic rings. The third-order valence-corrected chi connectivity index (χ3v) is 2.85. The van der Waals surface area contributed by atoms with Crippen LogP contribution in [0.3, 0.4) is 0 Å². The standard InChI is InChI=1S/C13H18O4/c1-9(2)13(3,4)17-16-11-8-6-5-7-10(11)12(14)15/h5-9H,1-4H3,(H,14,15). The van der Waals surface area contributed by atoms with Gasteiger partial charge in [0, 0.05) is 0 Å². The molecule has 0 heterocycles. The summed E-state index contributed by atoms with van der Waals surface area (Å²) in [6, 6.07) is 6.39. The topological polar surface area (TPSA) is 55.8 Å². The lowest BCUT2D eigenvalue weighted by Gasteiger charge is -2.27. The van der Waals surface area contributed by atoms with E-state index < -0.39 is 11.6 Å². The fraction of sp³-hybridized carbons (Fsp3) is 0.462. The Morgan fingerprint density at radius 3 is 2.41 bits per heavy atom. The molecule has 0 aliphatic heterocycles. The van der Waals surface area contributed by atoms with Crippen LogP contribution in [0.2, 0.25) is 0 Å².